The summed E-state index contributed by atoms with van der Waals surface area (Å²) < 4.78 is 30.1. The van der Waals surface area contributed by atoms with Crippen LogP contribution in [0, 0.1) is 6.92 Å². The van der Waals surface area contributed by atoms with Crippen molar-refractivity contribution in [3.63, 3.8) is 0 Å². The highest BCUT2D eigenvalue weighted by atomic mass is 35.5. The van der Waals surface area contributed by atoms with Crippen LogP contribution in [0.3, 0.4) is 0 Å². The number of halogens is 1. The Morgan fingerprint density at radius 2 is 1.74 bits per heavy atom. The molecule has 1 aliphatic heterocycles. The molecule has 0 N–H and O–H groups in total. The summed E-state index contributed by atoms with van der Waals surface area (Å²) >= 11 is 6.08. The number of aryl methyl sites for hydroxylation is 1. The minimum Gasteiger partial charge on any atom is -0.305 e. The molecule has 1 saturated heterocycles. The fourth-order valence-corrected chi connectivity index (χ4v) is 6.25. The number of hydrogen-bond acceptors (Lipinski definition) is 5. The van der Waals surface area contributed by atoms with Gasteiger partial charge in [0.2, 0.25) is 10.0 Å². The van der Waals surface area contributed by atoms with Gasteiger partial charge in [0.1, 0.15) is 11.3 Å². The fraction of sp³-hybridized carbons (Fsp3) is 0.240. The Balaban J connectivity index is 1.46. The molecule has 5 rings (SSSR count). The Hall–Kier alpha value is -3.07. The van der Waals surface area contributed by atoms with E-state index in [9.17, 15) is 13.2 Å². The van der Waals surface area contributed by atoms with Gasteiger partial charge in [0.15, 0.2) is 11.9 Å². The number of pyridine rings is 1. The molecule has 7 nitrogen and oxygen atoms in total. The lowest BCUT2D eigenvalue weighted by Crippen LogP contribution is -2.39. The molecule has 0 spiro atoms. The lowest BCUT2D eigenvalue weighted by molar-refractivity contribution is 0.112. The van der Waals surface area contributed by atoms with E-state index in [0.29, 0.717) is 32.2 Å². The van der Waals surface area contributed by atoms with Gasteiger partial charge in [0.05, 0.1) is 9.92 Å². The molecule has 0 atom stereocenters. The molecule has 2 aromatic carbocycles. The van der Waals surface area contributed by atoms with Crippen LogP contribution in [0.2, 0.25) is 5.02 Å². The van der Waals surface area contributed by atoms with Crippen LogP contribution in [-0.2, 0) is 10.0 Å². The third-order valence-electron chi connectivity index (χ3n) is 6.23. The third kappa shape index (κ3) is 4.02. The molecule has 1 aliphatic rings. The molecular weight excluding hydrogens is 472 g/mol. The highest BCUT2D eigenvalue weighted by Crippen LogP contribution is 2.34. The number of sulfonamides is 1. The van der Waals surface area contributed by atoms with Crippen molar-refractivity contribution in [1.29, 1.82) is 0 Å². The Morgan fingerprint density at radius 1 is 1.00 bits per heavy atom. The molecule has 0 aliphatic carbocycles. The molecule has 0 unspecified atom stereocenters. The van der Waals surface area contributed by atoms with Crippen molar-refractivity contribution < 1.29 is 13.2 Å². The Bertz CT molecular complexity index is 1480. The summed E-state index contributed by atoms with van der Waals surface area (Å²) in [6.07, 6.45) is 1.86. The minimum absolute atomic E-state index is 0.0574. The number of aromatic nitrogens is 3. The Kier molecular flexibility index (Phi) is 5.97. The summed E-state index contributed by atoms with van der Waals surface area (Å²) in [4.78, 5) is 20.8. The average Bonchev–Trinajstić information content (AvgIpc) is 3.23. The van der Waals surface area contributed by atoms with Gasteiger partial charge < -0.3 is 4.57 Å². The van der Waals surface area contributed by atoms with E-state index in [4.69, 9.17) is 21.6 Å². The number of benzene rings is 2. The summed E-state index contributed by atoms with van der Waals surface area (Å²) in [5.74, 6) is 0.839. The van der Waals surface area contributed by atoms with Crippen LogP contribution in [-0.4, -0.2) is 46.6 Å². The van der Waals surface area contributed by atoms with Crippen LogP contribution >= 0.6 is 11.6 Å². The molecule has 174 valence electrons. The van der Waals surface area contributed by atoms with E-state index >= 15 is 0 Å². The summed E-state index contributed by atoms with van der Waals surface area (Å²) in [5, 5.41) is 0.129. The van der Waals surface area contributed by atoms with Crippen molar-refractivity contribution in [1.82, 2.24) is 18.8 Å². The lowest BCUT2D eigenvalue weighted by atomic mass is 10.1. The Labute approximate surface area is 203 Å². The van der Waals surface area contributed by atoms with Crippen LogP contribution in [0.5, 0.6) is 0 Å². The van der Waals surface area contributed by atoms with Gasteiger partial charge >= 0.3 is 0 Å². The van der Waals surface area contributed by atoms with Crippen LogP contribution in [0.1, 0.15) is 34.9 Å². The quantitative estimate of drug-likeness (QED) is 0.368. The summed E-state index contributed by atoms with van der Waals surface area (Å²) in [7, 11) is -3.72. The number of piperidine rings is 1. The van der Waals surface area contributed by atoms with Crippen molar-refractivity contribution in [2.45, 2.75) is 30.7 Å². The first kappa shape index (κ1) is 22.7. The SMILES string of the molecule is Cc1ccc2nc(-c3ccccc3)n(C3CCN(S(=O)(=O)c4ccc(C=O)c(Cl)c4)CC3)c2n1. The zero-order valence-corrected chi connectivity index (χ0v) is 20.1. The summed E-state index contributed by atoms with van der Waals surface area (Å²) in [6.45, 7) is 2.68. The first-order valence-corrected chi connectivity index (χ1v) is 12.9. The number of carbonyl (C=O) groups excluding carboxylic acids is 1. The molecule has 3 heterocycles. The van der Waals surface area contributed by atoms with Crippen molar-refractivity contribution in [3.8, 4) is 11.4 Å². The maximum absolute atomic E-state index is 13.2. The normalized spacial score (nSPS) is 15.6. The number of hydrogen-bond donors (Lipinski definition) is 0. The molecule has 1 fully saturated rings. The fourth-order valence-electron chi connectivity index (χ4n) is 4.46. The molecular formula is C25H23ClN4O3S. The van der Waals surface area contributed by atoms with Gasteiger partial charge in [0, 0.05) is 36.0 Å². The Morgan fingerprint density at radius 3 is 2.41 bits per heavy atom. The van der Waals surface area contributed by atoms with E-state index in [-0.39, 0.29) is 21.5 Å². The van der Waals surface area contributed by atoms with Crippen LogP contribution in [0.15, 0.2) is 65.6 Å². The van der Waals surface area contributed by atoms with E-state index in [2.05, 4.69) is 4.57 Å². The number of imidazole rings is 1. The van der Waals surface area contributed by atoms with Crippen molar-refractivity contribution in [2.24, 2.45) is 0 Å². The van der Waals surface area contributed by atoms with E-state index in [1.807, 2.05) is 49.4 Å². The number of aldehydes is 1. The maximum atomic E-state index is 13.2. The van der Waals surface area contributed by atoms with E-state index in [1.165, 1.54) is 22.5 Å². The molecule has 0 radical (unpaired) electrons. The molecule has 4 aromatic rings. The van der Waals surface area contributed by atoms with E-state index in [0.717, 1.165) is 28.2 Å². The largest absolute Gasteiger partial charge is 0.305 e. The molecule has 34 heavy (non-hydrogen) atoms. The van der Waals surface area contributed by atoms with Gasteiger partial charge in [-0.15, -0.1) is 0 Å². The van der Waals surface area contributed by atoms with Gasteiger partial charge in [-0.2, -0.15) is 4.31 Å². The highest BCUT2D eigenvalue weighted by molar-refractivity contribution is 7.89. The second-order valence-electron chi connectivity index (χ2n) is 8.40. The van der Waals surface area contributed by atoms with Crippen LogP contribution in [0.25, 0.3) is 22.6 Å². The second-order valence-corrected chi connectivity index (χ2v) is 10.7. The van der Waals surface area contributed by atoms with Crippen LogP contribution < -0.4 is 0 Å². The topological polar surface area (TPSA) is 85.2 Å². The lowest BCUT2D eigenvalue weighted by Gasteiger charge is -2.32. The van der Waals surface area contributed by atoms with Gasteiger partial charge in [-0.25, -0.2) is 18.4 Å². The van der Waals surface area contributed by atoms with Gasteiger partial charge in [-0.05, 0) is 50.1 Å². The average molecular weight is 495 g/mol. The van der Waals surface area contributed by atoms with Gasteiger partial charge in [-0.1, -0.05) is 41.9 Å². The third-order valence-corrected chi connectivity index (χ3v) is 8.46. The van der Waals surface area contributed by atoms with Crippen molar-refractivity contribution >= 4 is 39.1 Å². The molecule has 0 amide bonds. The molecule has 9 heteroatoms. The number of carbonyl (C=O) groups is 1. The summed E-state index contributed by atoms with van der Waals surface area (Å²) in [6, 6.07) is 18.2. The highest BCUT2D eigenvalue weighted by Gasteiger charge is 2.32. The predicted octanol–water partition coefficient (Wildman–Crippen LogP) is 4.90. The number of fused-ring (bicyclic) bond motifs is 1. The minimum atomic E-state index is -3.72. The number of nitrogens with zero attached hydrogens (tertiary/aromatic N) is 4. The first-order chi connectivity index (χ1) is 16.4. The van der Waals surface area contributed by atoms with Crippen molar-refractivity contribution in [3.05, 3.63) is 76.9 Å². The smallest absolute Gasteiger partial charge is 0.243 e. The standard InChI is InChI=1S/C25H23ClN4O3S/c1-17-7-10-23-25(27-17)30(24(28-23)18-5-3-2-4-6-18)20-11-13-29(14-12-20)34(32,33)21-9-8-19(16-31)22(26)15-21/h2-10,15-16,20H,11-14H2,1H3. The molecule has 2 aromatic heterocycles. The molecule has 0 saturated carbocycles. The second kappa shape index (κ2) is 8.94. The first-order valence-electron chi connectivity index (χ1n) is 11.0. The zero-order valence-electron chi connectivity index (χ0n) is 18.6. The van der Waals surface area contributed by atoms with Crippen LogP contribution in [0.4, 0.5) is 0 Å². The van der Waals surface area contributed by atoms with E-state index in [1.54, 1.807) is 0 Å². The van der Waals surface area contributed by atoms with Gasteiger partial charge in [0.25, 0.3) is 0 Å². The molecule has 0 bridgehead atoms. The maximum Gasteiger partial charge on any atom is 0.243 e. The monoisotopic (exact) mass is 494 g/mol. The summed E-state index contributed by atoms with van der Waals surface area (Å²) in [5.41, 5.74) is 3.81. The van der Waals surface area contributed by atoms with E-state index < -0.39 is 10.0 Å². The number of rotatable bonds is 5. The predicted molar refractivity (Wildman–Crippen MR) is 132 cm³/mol. The zero-order chi connectivity index (χ0) is 23.9. The van der Waals surface area contributed by atoms with Crippen molar-refractivity contribution in [2.75, 3.05) is 13.1 Å². The van der Waals surface area contributed by atoms with Gasteiger partial charge in [-0.3, -0.25) is 4.79 Å².